The molecule has 0 radical (unpaired) electrons. The number of hydrogen-bond acceptors (Lipinski definition) is 5. The second kappa shape index (κ2) is 8.53. The van der Waals surface area contributed by atoms with Gasteiger partial charge in [0.1, 0.15) is 0 Å². The van der Waals surface area contributed by atoms with E-state index in [-0.39, 0.29) is 0 Å². The normalized spacial score (nSPS) is 15.9. The lowest BCUT2D eigenvalue weighted by Crippen LogP contribution is -2.48. The van der Waals surface area contributed by atoms with E-state index < -0.39 is 15.9 Å². The lowest BCUT2D eigenvalue weighted by molar-refractivity contribution is 0.0706. The molecule has 0 aromatic heterocycles. The Labute approximate surface area is 175 Å². The van der Waals surface area contributed by atoms with E-state index in [4.69, 9.17) is 5.21 Å². The Bertz CT molecular complexity index is 1150. The van der Waals surface area contributed by atoms with E-state index in [0.717, 1.165) is 16.3 Å². The zero-order valence-corrected chi connectivity index (χ0v) is 17.2. The van der Waals surface area contributed by atoms with Crippen molar-refractivity contribution in [2.24, 2.45) is 0 Å². The number of sulfonamides is 1. The highest BCUT2D eigenvalue weighted by Crippen LogP contribution is 2.23. The van der Waals surface area contributed by atoms with E-state index >= 15 is 0 Å². The fraction of sp³-hybridized carbons (Fsp3) is 0.227. The molecule has 0 saturated carbocycles. The van der Waals surface area contributed by atoms with Crippen LogP contribution in [-0.2, 0) is 16.6 Å². The van der Waals surface area contributed by atoms with Gasteiger partial charge >= 0.3 is 0 Å². The molecule has 8 heteroatoms. The van der Waals surface area contributed by atoms with E-state index in [1.54, 1.807) is 34.1 Å². The summed E-state index contributed by atoms with van der Waals surface area (Å²) in [7, 11) is -3.53. The van der Waals surface area contributed by atoms with Gasteiger partial charge in [-0.15, -0.1) is 0 Å². The van der Waals surface area contributed by atoms with Gasteiger partial charge in [-0.3, -0.25) is 14.9 Å². The molecule has 156 valence electrons. The SMILES string of the molecule is O=C(NO)c1ccc(CN2CCN(S(=O)(=O)c3ccc4ccccc4c3)CC2)cc1. The average Bonchev–Trinajstić information content (AvgIpc) is 2.79. The number of nitrogens with one attached hydrogen (secondary N) is 1. The maximum absolute atomic E-state index is 13.1. The number of nitrogens with zero attached hydrogens (tertiary/aromatic N) is 2. The summed E-state index contributed by atoms with van der Waals surface area (Å²) >= 11 is 0. The Morgan fingerprint density at radius 3 is 2.23 bits per heavy atom. The van der Waals surface area contributed by atoms with Crippen LogP contribution in [0.3, 0.4) is 0 Å². The van der Waals surface area contributed by atoms with Crippen molar-refractivity contribution in [1.29, 1.82) is 0 Å². The van der Waals surface area contributed by atoms with Crippen LogP contribution in [0.15, 0.2) is 71.6 Å². The van der Waals surface area contributed by atoms with Crippen molar-refractivity contribution < 1.29 is 18.4 Å². The van der Waals surface area contributed by atoms with Crippen molar-refractivity contribution in [2.45, 2.75) is 11.4 Å². The summed E-state index contributed by atoms with van der Waals surface area (Å²) in [6, 6.07) is 20.0. The predicted molar refractivity (Wildman–Crippen MR) is 114 cm³/mol. The molecule has 0 unspecified atom stereocenters. The van der Waals surface area contributed by atoms with Gasteiger partial charge in [-0.25, -0.2) is 13.9 Å². The van der Waals surface area contributed by atoms with Crippen LogP contribution in [0.2, 0.25) is 0 Å². The molecule has 1 aliphatic rings. The van der Waals surface area contributed by atoms with Crippen LogP contribution in [0.4, 0.5) is 0 Å². The minimum Gasteiger partial charge on any atom is -0.296 e. The third-order valence-electron chi connectivity index (χ3n) is 5.41. The van der Waals surface area contributed by atoms with Crippen molar-refractivity contribution in [3.05, 3.63) is 77.9 Å². The highest BCUT2D eigenvalue weighted by Gasteiger charge is 2.28. The summed E-state index contributed by atoms with van der Waals surface area (Å²) in [5, 5.41) is 10.6. The molecular weight excluding hydrogens is 402 g/mol. The Balaban J connectivity index is 1.40. The molecule has 0 bridgehead atoms. The highest BCUT2D eigenvalue weighted by atomic mass is 32.2. The summed E-state index contributed by atoms with van der Waals surface area (Å²) in [6.45, 7) is 2.79. The molecular formula is C22H23N3O4S. The smallest absolute Gasteiger partial charge is 0.274 e. The molecule has 30 heavy (non-hydrogen) atoms. The fourth-order valence-electron chi connectivity index (χ4n) is 3.69. The summed E-state index contributed by atoms with van der Waals surface area (Å²) in [5.41, 5.74) is 3.02. The molecule has 0 atom stereocenters. The van der Waals surface area contributed by atoms with Crippen molar-refractivity contribution in [1.82, 2.24) is 14.7 Å². The van der Waals surface area contributed by atoms with Gasteiger partial charge in [0.15, 0.2) is 0 Å². The Hall–Kier alpha value is -2.78. The average molecular weight is 426 g/mol. The van der Waals surface area contributed by atoms with Crippen molar-refractivity contribution in [3.8, 4) is 0 Å². The Morgan fingerprint density at radius 2 is 1.57 bits per heavy atom. The van der Waals surface area contributed by atoms with Gasteiger partial charge in [0.25, 0.3) is 5.91 Å². The molecule has 1 amide bonds. The molecule has 1 saturated heterocycles. The fourth-order valence-corrected chi connectivity index (χ4v) is 5.15. The lowest BCUT2D eigenvalue weighted by Gasteiger charge is -2.34. The molecule has 1 heterocycles. The molecule has 7 nitrogen and oxygen atoms in total. The number of rotatable bonds is 5. The van der Waals surface area contributed by atoms with Crippen molar-refractivity contribution in [2.75, 3.05) is 26.2 Å². The summed E-state index contributed by atoms with van der Waals surface area (Å²) in [4.78, 5) is 13.9. The second-order valence-corrected chi connectivity index (χ2v) is 9.26. The zero-order chi connectivity index (χ0) is 21.1. The minimum absolute atomic E-state index is 0.326. The number of carbonyl (C=O) groups excluding carboxylic acids is 1. The summed E-state index contributed by atoms with van der Waals surface area (Å²) in [6.07, 6.45) is 0. The zero-order valence-electron chi connectivity index (χ0n) is 16.4. The van der Waals surface area contributed by atoms with Gasteiger partial charge in [-0.1, -0.05) is 42.5 Å². The number of fused-ring (bicyclic) bond motifs is 1. The number of hydrogen-bond donors (Lipinski definition) is 2. The molecule has 0 aliphatic carbocycles. The lowest BCUT2D eigenvalue weighted by atomic mass is 10.1. The third-order valence-corrected chi connectivity index (χ3v) is 7.31. The highest BCUT2D eigenvalue weighted by molar-refractivity contribution is 7.89. The molecule has 3 aromatic rings. The number of carbonyl (C=O) groups is 1. The topological polar surface area (TPSA) is 89.9 Å². The Morgan fingerprint density at radius 1 is 0.900 bits per heavy atom. The first-order valence-electron chi connectivity index (χ1n) is 9.72. The van der Waals surface area contributed by atoms with E-state index in [9.17, 15) is 13.2 Å². The van der Waals surface area contributed by atoms with E-state index in [1.807, 2.05) is 42.5 Å². The monoisotopic (exact) mass is 425 g/mol. The molecule has 2 N–H and O–H groups in total. The van der Waals surface area contributed by atoms with Crippen LogP contribution in [0.1, 0.15) is 15.9 Å². The third kappa shape index (κ3) is 4.22. The van der Waals surface area contributed by atoms with Crippen LogP contribution < -0.4 is 5.48 Å². The largest absolute Gasteiger partial charge is 0.296 e. The van der Waals surface area contributed by atoms with Gasteiger partial charge in [0, 0.05) is 38.3 Å². The van der Waals surface area contributed by atoms with Crippen LogP contribution >= 0.6 is 0 Å². The molecule has 3 aromatic carbocycles. The van der Waals surface area contributed by atoms with Crippen LogP contribution in [0, 0.1) is 0 Å². The standard InChI is InChI=1S/C22H23N3O4S/c26-22(23-27)19-7-5-17(6-8-19)16-24-11-13-25(14-12-24)30(28,29)21-10-9-18-3-1-2-4-20(18)15-21/h1-10,15,27H,11-14,16H2,(H,23,26). The van der Waals surface area contributed by atoms with Gasteiger partial charge in [0.05, 0.1) is 4.90 Å². The number of amides is 1. The first kappa shape index (κ1) is 20.5. The van der Waals surface area contributed by atoms with Crippen molar-refractivity contribution >= 4 is 26.7 Å². The molecule has 1 fully saturated rings. The number of benzene rings is 3. The Kier molecular flexibility index (Phi) is 5.83. The van der Waals surface area contributed by atoms with E-state index in [1.165, 1.54) is 0 Å². The van der Waals surface area contributed by atoms with Gasteiger partial charge in [0.2, 0.25) is 10.0 Å². The van der Waals surface area contributed by atoms with Gasteiger partial charge in [-0.2, -0.15) is 4.31 Å². The van der Waals surface area contributed by atoms with Crippen molar-refractivity contribution in [3.63, 3.8) is 0 Å². The summed E-state index contributed by atoms with van der Waals surface area (Å²) < 4.78 is 27.7. The van der Waals surface area contributed by atoms with Gasteiger partial charge < -0.3 is 0 Å². The van der Waals surface area contributed by atoms with Crippen LogP contribution in [0.5, 0.6) is 0 Å². The molecule has 0 spiro atoms. The minimum atomic E-state index is -3.53. The first-order valence-corrected chi connectivity index (χ1v) is 11.2. The number of hydroxylamine groups is 1. The quantitative estimate of drug-likeness (QED) is 0.484. The van der Waals surface area contributed by atoms with E-state index in [2.05, 4.69) is 4.90 Å². The van der Waals surface area contributed by atoms with Gasteiger partial charge in [-0.05, 0) is 40.6 Å². The molecule has 4 rings (SSSR count). The van der Waals surface area contributed by atoms with Crippen LogP contribution in [0.25, 0.3) is 10.8 Å². The summed E-state index contributed by atoms with van der Waals surface area (Å²) in [5.74, 6) is -0.547. The maximum atomic E-state index is 13.1. The first-order chi connectivity index (χ1) is 14.5. The number of piperazine rings is 1. The predicted octanol–water partition coefficient (Wildman–Crippen LogP) is 2.47. The maximum Gasteiger partial charge on any atom is 0.274 e. The second-order valence-electron chi connectivity index (χ2n) is 7.33. The van der Waals surface area contributed by atoms with Crippen LogP contribution in [-0.4, -0.2) is 54.9 Å². The molecule has 1 aliphatic heterocycles. The van der Waals surface area contributed by atoms with E-state index in [0.29, 0.717) is 43.2 Å².